The molecule has 0 radical (unpaired) electrons. The lowest BCUT2D eigenvalue weighted by Gasteiger charge is -2.30. The fourth-order valence-electron chi connectivity index (χ4n) is 3.62. The van der Waals surface area contributed by atoms with Gasteiger partial charge in [-0.2, -0.15) is 0 Å². The second-order valence-electron chi connectivity index (χ2n) is 7.34. The van der Waals surface area contributed by atoms with Crippen LogP contribution in [-0.2, 0) is 4.74 Å². The number of carboxylic acid groups (broad SMARTS) is 1. The maximum absolute atomic E-state index is 14.6. The van der Waals surface area contributed by atoms with Gasteiger partial charge in [0, 0.05) is 57.2 Å². The van der Waals surface area contributed by atoms with Gasteiger partial charge in [0.05, 0.1) is 24.6 Å². The van der Waals surface area contributed by atoms with E-state index in [9.17, 15) is 13.6 Å². The van der Waals surface area contributed by atoms with Crippen molar-refractivity contribution >= 4 is 23.3 Å². The number of nitrogens with one attached hydrogen (secondary N) is 1. The van der Waals surface area contributed by atoms with Crippen molar-refractivity contribution in [1.29, 1.82) is 0 Å². The average molecular weight is 435 g/mol. The van der Waals surface area contributed by atoms with Gasteiger partial charge in [-0.25, -0.2) is 23.5 Å². The number of anilines is 3. The summed E-state index contributed by atoms with van der Waals surface area (Å²) < 4.78 is 40.3. The van der Waals surface area contributed by atoms with Crippen molar-refractivity contribution in [3.05, 3.63) is 36.2 Å². The molecule has 2 N–H and O–H groups in total. The van der Waals surface area contributed by atoms with Gasteiger partial charge in [-0.3, -0.25) is 0 Å². The molecule has 2 fully saturated rings. The number of nitrogens with zero attached hydrogens (tertiary/aromatic N) is 4. The normalized spacial score (nSPS) is 17.5. The Labute approximate surface area is 177 Å². The Kier molecular flexibility index (Phi) is 6.31. The molecule has 4 rings (SSSR count). The van der Waals surface area contributed by atoms with Crippen LogP contribution in [0.15, 0.2) is 24.5 Å². The molecule has 0 saturated carbocycles. The summed E-state index contributed by atoms with van der Waals surface area (Å²) in [6.07, 6.45) is 1.23. The molecule has 0 atom stereocenters. The van der Waals surface area contributed by atoms with Gasteiger partial charge in [0.15, 0.2) is 0 Å². The molecule has 0 spiro atoms. The molecular formula is C20H23F2N5O4. The summed E-state index contributed by atoms with van der Waals surface area (Å²) in [5, 5.41) is 11.8. The Morgan fingerprint density at radius 1 is 1.10 bits per heavy atom. The van der Waals surface area contributed by atoms with Gasteiger partial charge in [-0.05, 0) is 0 Å². The summed E-state index contributed by atoms with van der Waals surface area (Å²) in [5.74, 6) is -0.617. The van der Waals surface area contributed by atoms with E-state index >= 15 is 0 Å². The van der Waals surface area contributed by atoms with E-state index in [0.717, 1.165) is 12.1 Å². The van der Waals surface area contributed by atoms with Crippen LogP contribution in [0.1, 0.15) is 12.8 Å². The van der Waals surface area contributed by atoms with Crippen LogP contribution in [0.3, 0.4) is 0 Å². The van der Waals surface area contributed by atoms with Crippen LogP contribution in [0.5, 0.6) is 5.88 Å². The summed E-state index contributed by atoms with van der Waals surface area (Å²) in [6, 6.07) is 3.76. The number of halogens is 2. The number of morpholine rings is 1. The number of hydrogen-bond acceptors (Lipinski definition) is 7. The molecule has 0 bridgehead atoms. The third kappa shape index (κ3) is 5.10. The molecular weight excluding hydrogens is 412 g/mol. The lowest BCUT2D eigenvalue weighted by molar-refractivity contribution is 0.0870. The standard InChI is InChI=1S/C20H23F2N5O4/c21-14-10-17(26-5-7-30-8-6-26)15(22)9-16(14)25-18-11-19(24-12-23-18)31-13-1-3-27(4-2-13)20(28)29/h9-13H,1-8H2,(H,28,29)(H,23,24,25). The molecule has 3 heterocycles. The lowest BCUT2D eigenvalue weighted by atomic mass is 10.1. The minimum Gasteiger partial charge on any atom is -0.474 e. The molecule has 1 amide bonds. The quantitative estimate of drug-likeness (QED) is 0.740. The smallest absolute Gasteiger partial charge is 0.407 e. The van der Waals surface area contributed by atoms with Crippen LogP contribution < -0.4 is 15.0 Å². The molecule has 2 aliphatic heterocycles. The first-order valence-electron chi connectivity index (χ1n) is 10.0. The summed E-state index contributed by atoms with van der Waals surface area (Å²) in [4.78, 5) is 22.2. The monoisotopic (exact) mass is 435 g/mol. The number of benzene rings is 1. The number of hydrogen-bond donors (Lipinski definition) is 2. The van der Waals surface area contributed by atoms with E-state index in [2.05, 4.69) is 15.3 Å². The second-order valence-corrected chi connectivity index (χ2v) is 7.34. The highest BCUT2D eigenvalue weighted by Crippen LogP contribution is 2.29. The van der Waals surface area contributed by atoms with Crippen molar-refractivity contribution in [2.75, 3.05) is 49.6 Å². The summed E-state index contributed by atoms with van der Waals surface area (Å²) in [7, 11) is 0. The Hall–Kier alpha value is -3.21. The van der Waals surface area contributed by atoms with Crippen LogP contribution in [0.25, 0.3) is 0 Å². The van der Waals surface area contributed by atoms with Crippen molar-refractivity contribution in [1.82, 2.24) is 14.9 Å². The Bertz CT molecular complexity index is 934. The SMILES string of the molecule is O=C(O)N1CCC(Oc2cc(Nc3cc(F)c(N4CCOCC4)cc3F)ncn2)CC1. The molecule has 2 aromatic rings. The average Bonchev–Trinajstić information content (AvgIpc) is 2.77. The van der Waals surface area contributed by atoms with Gasteiger partial charge < -0.3 is 29.7 Å². The van der Waals surface area contributed by atoms with E-state index in [1.165, 1.54) is 17.3 Å². The largest absolute Gasteiger partial charge is 0.474 e. The van der Waals surface area contributed by atoms with Gasteiger partial charge in [-0.15, -0.1) is 0 Å². The van der Waals surface area contributed by atoms with Crippen LogP contribution in [0.2, 0.25) is 0 Å². The van der Waals surface area contributed by atoms with Crippen molar-refractivity contribution in [2.45, 2.75) is 18.9 Å². The number of amides is 1. The molecule has 1 aromatic carbocycles. The third-order valence-electron chi connectivity index (χ3n) is 5.29. The first-order chi connectivity index (χ1) is 15.0. The topological polar surface area (TPSA) is 100 Å². The Morgan fingerprint density at radius 2 is 1.84 bits per heavy atom. The van der Waals surface area contributed by atoms with Crippen LogP contribution in [-0.4, -0.2) is 71.6 Å². The van der Waals surface area contributed by atoms with E-state index in [-0.39, 0.29) is 29.2 Å². The number of ether oxygens (including phenoxy) is 2. The molecule has 0 unspecified atom stereocenters. The van der Waals surface area contributed by atoms with Gasteiger partial charge in [0.25, 0.3) is 0 Å². The van der Waals surface area contributed by atoms with Crippen molar-refractivity contribution in [2.24, 2.45) is 0 Å². The fraction of sp³-hybridized carbons (Fsp3) is 0.450. The van der Waals surface area contributed by atoms with Crippen LogP contribution >= 0.6 is 0 Å². The summed E-state index contributed by atoms with van der Waals surface area (Å²) >= 11 is 0. The number of piperidine rings is 1. The number of aromatic nitrogens is 2. The van der Waals surface area contributed by atoms with Gasteiger partial charge in [0.1, 0.15) is 29.9 Å². The van der Waals surface area contributed by atoms with E-state index in [1.54, 1.807) is 4.90 Å². The van der Waals surface area contributed by atoms with E-state index < -0.39 is 17.7 Å². The second kappa shape index (κ2) is 9.29. The summed E-state index contributed by atoms with van der Waals surface area (Å²) in [5.41, 5.74) is 0.152. The van der Waals surface area contributed by atoms with Crippen molar-refractivity contribution in [3.8, 4) is 5.88 Å². The van der Waals surface area contributed by atoms with E-state index in [4.69, 9.17) is 14.6 Å². The zero-order valence-electron chi connectivity index (χ0n) is 16.8. The summed E-state index contributed by atoms with van der Waals surface area (Å²) in [6.45, 7) is 2.72. The predicted molar refractivity (Wildman–Crippen MR) is 108 cm³/mol. The van der Waals surface area contributed by atoms with Crippen LogP contribution in [0.4, 0.5) is 30.8 Å². The maximum Gasteiger partial charge on any atom is 0.407 e. The molecule has 31 heavy (non-hydrogen) atoms. The lowest BCUT2D eigenvalue weighted by Crippen LogP contribution is -2.41. The third-order valence-corrected chi connectivity index (χ3v) is 5.29. The molecule has 11 heteroatoms. The van der Waals surface area contributed by atoms with Gasteiger partial charge in [0.2, 0.25) is 5.88 Å². The molecule has 2 saturated heterocycles. The zero-order valence-corrected chi connectivity index (χ0v) is 16.8. The Balaban J connectivity index is 1.42. The zero-order chi connectivity index (χ0) is 21.8. The Morgan fingerprint density at radius 3 is 2.55 bits per heavy atom. The highest BCUT2D eigenvalue weighted by Gasteiger charge is 2.24. The van der Waals surface area contributed by atoms with E-state index in [0.29, 0.717) is 52.2 Å². The minimum atomic E-state index is -0.944. The number of carbonyl (C=O) groups is 1. The van der Waals surface area contributed by atoms with Crippen molar-refractivity contribution < 1.29 is 28.2 Å². The number of likely N-dealkylation sites (tertiary alicyclic amines) is 1. The molecule has 166 valence electrons. The predicted octanol–water partition coefficient (Wildman–Crippen LogP) is 2.86. The number of rotatable bonds is 5. The minimum absolute atomic E-state index is 0.0473. The first-order valence-corrected chi connectivity index (χ1v) is 10.0. The maximum atomic E-state index is 14.6. The van der Waals surface area contributed by atoms with Gasteiger partial charge in [-0.1, -0.05) is 0 Å². The first kappa shape index (κ1) is 21.0. The highest BCUT2D eigenvalue weighted by atomic mass is 19.1. The van der Waals surface area contributed by atoms with Crippen molar-refractivity contribution in [3.63, 3.8) is 0 Å². The van der Waals surface area contributed by atoms with Crippen LogP contribution in [0, 0.1) is 11.6 Å². The molecule has 2 aliphatic rings. The molecule has 0 aliphatic carbocycles. The van der Waals surface area contributed by atoms with E-state index in [1.807, 2.05) is 0 Å². The van der Waals surface area contributed by atoms with Gasteiger partial charge >= 0.3 is 6.09 Å². The molecule has 9 nitrogen and oxygen atoms in total. The molecule has 1 aromatic heterocycles. The fourth-order valence-corrected chi connectivity index (χ4v) is 3.62. The highest BCUT2D eigenvalue weighted by molar-refractivity contribution is 5.65.